The fourth-order valence-electron chi connectivity index (χ4n) is 0.715. The summed E-state index contributed by atoms with van der Waals surface area (Å²) >= 11 is 8.78. The molecule has 0 N–H and O–H groups in total. The maximum absolute atomic E-state index is 5.46. The average Bonchev–Trinajstić information content (AvgIpc) is 2.03. The summed E-state index contributed by atoms with van der Waals surface area (Å²) in [7, 11) is 0. The normalized spacial score (nSPS) is 11.8. The third kappa shape index (κ3) is 10.2. The smallest absolute Gasteiger partial charge is 0.0404 e. The van der Waals surface area contributed by atoms with E-state index in [1.54, 1.807) is 0 Å². The van der Waals surface area contributed by atoms with Gasteiger partial charge in [-0.3, -0.25) is 0 Å². The van der Waals surface area contributed by atoms with Crippen LogP contribution in [0.3, 0.4) is 0 Å². The predicted molar refractivity (Wildman–Crippen MR) is 56.6 cm³/mol. The number of halogens is 2. The third-order valence-electron chi connectivity index (χ3n) is 1.25. The molecule has 0 atom stereocenters. The van der Waals surface area contributed by atoms with Crippen molar-refractivity contribution in [3.05, 3.63) is 24.3 Å². The van der Waals surface area contributed by atoms with E-state index in [0.717, 1.165) is 18.2 Å². The predicted octanol–water partition coefficient (Wildman–Crippen LogP) is 3.90. The van der Waals surface area contributed by atoms with Gasteiger partial charge in [0.05, 0.1) is 0 Å². The standard InChI is InChI=1S/C9H14BrCl/c10-8-6-4-2-1-3-5-7-9-11/h4-7H,1-3,8-9H2. The first kappa shape index (κ1) is 11.2. The van der Waals surface area contributed by atoms with Crippen LogP contribution < -0.4 is 0 Å². The van der Waals surface area contributed by atoms with Crippen molar-refractivity contribution < 1.29 is 0 Å². The summed E-state index contributed by atoms with van der Waals surface area (Å²) in [4.78, 5) is 0. The van der Waals surface area contributed by atoms with Crippen LogP contribution >= 0.6 is 27.5 Å². The van der Waals surface area contributed by atoms with E-state index < -0.39 is 0 Å². The molecule has 0 amide bonds. The molecule has 0 aromatic carbocycles. The number of hydrogen-bond acceptors (Lipinski definition) is 0. The van der Waals surface area contributed by atoms with Crippen molar-refractivity contribution in [3.8, 4) is 0 Å². The van der Waals surface area contributed by atoms with Crippen LogP contribution in [-0.4, -0.2) is 11.2 Å². The van der Waals surface area contributed by atoms with Crippen LogP contribution in [-0.2, 0) is 0 Å². The van der Waals surface area contributed by atoms with Gasteiger partial charge in [-0.05, 0) is 19.3 Å². The second kappa shape index (κ2) is 10.2. The molecule has 0 radical (unpaired) electrons. The third-order valence-corrected chi connectivity index (χ3v) is 1.81. The molecule has 0 bridgehead atoms. The maximum atomic E-state index is 5.46. The SMILES string of the molecule is ClCC=CCCCC=CCBr. The van der Waals surface area contributed by atoms with Crippen LogP contribution in [0.5, 0.6) is 0 Å². The molecule has 0 saturated heterocycles. The second-order valence-corrected chi connectivity index (χ2v) is 3.14. The highest BCUT2D eigenvalue weighted by Crippen LogP contribution is 1.98. The summed E-state index contributed by atoms with van der Waals surface area (Å²) in [5.41, 5.74) is 0. The Morgan fingerprint density at radius 3 is 2.18 bits per heavy atom. The minimum absolute atomic E-state index is 0.636. The molecule has 0 saturated carbocycles. The van der Waals surface area contributed by atoms with E-state index in [-0.39, 0.29) is 0 Å². The molecule has 0 aliphatic heterocycles. The molecule has 0 nitrogen and oxygen atoms in total. The van der Waals surface area contributed by atoms with E-state index in [9.17, 15) is 0 Å². The molecule has 0 aliphatic carbocycles. The summed E-state index contributed by atoms with van der Waals surface area (Å²) < 4.78 is 0. The fraction of sp³-hybridized carbons (Fsp3) is 0.556. The van der Waals surface area contributed by atoms with Crippen LogP contribution in [0.1, 0.15) is 19.3 Å². The molecule has 0 spiro atoms. The highest BCUT2D eigenvalue weighted by Gasteiger charge is 1.79. The molecule has 0 aliphatic rings. The van der Waals surface area contributed by atoms with Gasteiger partial charge in [0.25, 0.3) is 0 Å². The molecule has 11 heavy (non-hydrogen) atoms. The Labute approximate surface area is 82.5 Å². The van der Waals surface area contributed by atoms with Crippen LogP contribution in [0, 0.1) is 0 Å². The van der Waals surface area contributed by atoms with Gasteiger partial charge in [-0.25, -0.2) is 0 Å². The summed E-state index contributed by atoms with van der Waals surface area (Å²) in [6.07, 6.45) is 12.0. The van der Waals surface area contributed by atoms with Gasteiger partial charge in [-0.15, -0.1) is 11.6 Å². The second-order valence-electron chi connectivity index (χ2n) is 2.18. The quantitative estimate of drug-likeness (QED) is 0.373. The Kier molecular flexibility index (Phi) is 10.5. The summed E-state index contributed by atoms with van der Waals surface area (Å²) in [5, 5.41) is 0.963. The molecular formula is C9H14BrCl. The van der Waals surface area contributed by atoms with Gasteiger partial charge >= 0.3 is 0 Å². The van der Waals surface area contributed by atoms with Gasteiger partial charge in [0.1, 0.15) is 0 Å². The summed E-state index contributed by atoms with van der Waals surface area (Å²) in [6, 6.07) is 0. The van der Waals surface area contributed by atoms with Crippen molar-refractivity contribution in [1.82, 2.24) is 0 Å². The molecular weight excluding hydrogens is 223 g/mol. The van der Waals surface area contributed by atoms with Crippen molar-refractivity contribution in [2.75, 3.05) is 11.2 Å². The van der Waals surface area contributed by atoms with Gasteiger partial charge in [-0.2, -0.15) is 0 Å². The molecule has 0 aromatic heterocycles. The van der Waals surface area contributed by atoms with Gasteiger partial charge in [0.2, 0.25) is 0 Å². The largest absolute Gasteiger partial charge is 0.122 e. The lowest BCUT2D eigenvalue weighted by molar-refractivity contribution is 0.866. The topological polar surface area (TPSA) is 0 Å². The summed E-state index contributed by atoms with van der Waals surface area (Å²) in [6.45, 7) is 0. The summed E-state index contributed by atoms with van der Waals surface area (Å²) in [5.74, 6) is 0.636. The Morgan fingerprint density at radius 1 is 1.00 bits per heavy atom. The Balaban J connectivity index is 3.02. The molecule has 2 heteroatoms. The fourth-order valence-corrected chi connectivity index (χ4v) is 1.11. The van der Waals surface area contributed by atoms with Crippen LogP contribution in [0.15, 0.2) is 24.3 Å². The number of allylic oxidation sites excluding steroid dienone is 4. The van der Waals surface area contributed by atoms with E-state index in [1.165, 1.54) is 6.42 Å². The Hall–Kier alpha value is 0.250. The number of hydrogen-bond donors (Lipinski definition) is 0. The van der Waals surface area contributed by atoms with Crippen molar-refractivity contribution in [2.24, 2.45) is 0 Å². The number of alkyl halides is 2. The highest BCUT2D eigenvalue weighted by molar-refractivity contribution is 9.09. The molecule has 64 valence electrons. The van der Waals surface area contributed by atoms with E-state index in [2.05, 4.69) is 34.2 Å². The molecule has 0 rings (SSSR count). The monoisotopic (exact) mass is 236 g/mol. The van der Waals surface area contributed by atoms with Crippen LogP contribution in [0.25, 0.3) is 0 Å². The van der Waals surface area contributed by atoms with Crippen molar-refractivity contribution in [2.45, 2.75) is 19.3 Å². The number of rotatable bonds is 6. The average molecular weight is 238 g/mol. The Morgan fingerprint density at radius 2 is 1.64 bits per heavy atom. The van der Waals surface area contributed by atoms with Crippen LogP contribution in [0.4, 0.5) is 0 Å². The zero-order valence-electron chi connectivity index (χ0n) is 6.60. The Bertz CT molecular complexity index is 105. The van der Waals surface area contributed by atoms with Crippen molar-refractivity contribution in [1.29, 1.82) is 0 Å². The van der Waals surface area contributed by atoms with Crippen molar-refractivity contribution in [3.63, 3.8) is 0 Å². The first-order chi connectivity index (χ1) is 5.41. The van der Waals surface area contributed by atoms with E-state index in [0.29, 0.717) is 5.88 Å². The zero-order valence-corrected chi connectivity index (χ0v) is 8.94. The molecule has 0 heterocycles. The van der Waals surface area contributed by atoms with Gasteiger partial charge in [-0.1, -0.05) is 40.2 Å². The molecule has 0 aromatic rings. The van der Waals surface area contributed by atoms with Gasteiger partial charge in [0, 0.05) is 11.2 Å². The minimum atomic E-state index is 0.636. The van der Waals surface area contributed by atoms with E-state index >= 15 is 0 Å². The minimum Gasteiger partial charge on any atom is -0.122 e. The first-order valence-corrected chi connectivity index (χ1v) is 5.49. The molecule has 0 unspecified atom stereocenters. The molecule has 0 fully saturated rings. The lowest BCUT2D eigenvalue weighted by Crippen LogP contribution is -1.70. The van der Waals surface area contributed by atoms with E-state index in [1.807, 2.05) is 6.08 Å². The number of unbranched alkanes of at least 4 members (excludes halogenated alkanes) is 2. The van der Waals surface area contributed by atoms with Gasteiger partial charge < -0.3 is 0 Å². The highest BCUT2D eigenvalue weighted by atomic mass is 79.9. The van der Waals surface area contributed by atoms with Crippen LogP contribution in [0.2, 0.25) is 0 Å². The lowest BCUT2D eigenvalue weighted by Gasteiger charge is -1.88. The first-order valence-electron chi connectivity index (χ1n) is 3.83. The zero-order chi connectivity index (χ0) is 8.36. The lowest BCUT2D eigenvalue weighted by atomic mass is 10.2. The van der Waals surface area contributed by atoms with E-state index in [4.69, 9.17) is 11.6 Å². The maximum Gasteiger partial charge on any atom is 0.0404 e. The van der Waals surface area contributed by atoms with Gasteiger partial charge in [0.15, 0.2) is 0 Å². The van der Waals surface area contributed by atoms with Crippen molar-refractivity contribution >= 4 is 27.5 Å².